The molecule has 1 aromatic heterocycles. The Morgan fingerprint density at radius 3 is 2.94 bits per heavy atom. The van der Waals surface area contributed by atoms with Crippen molar-refractivity contribution >= 4 is 38.5 Å². The summed E-state index contributed by atoms with van der Waals surface area (Å²) in [6.07, 6.45) is 1.61. The van der Waals surface area contributed by atoms with Crippen LogP contribution in [0, 0.1) is 10.5 Å². The monoisotopic (exact) mass is 404 g/mol. The van der Waals surface area contributed by atoms with Crippen molar-refractivity contribution in [3.63, 3.8) is 0 Å². The van der Waals surface area contributed by atoms with E-state index in [1.165, 1.54) is 0 Å². The molecule has 0 spiro atoms. The van der Waals surface area contributed by atoms with Crippen molar-refractivity contribution in [2.75, 3.05) is 0 Å². The van der Waals surface area contributed by atoms with Crippen LogP contribution in [0.25, 0.3) is 0 Å². The maximum Gasteiger partial charge on any atom is 0.267 e. The van der Waals surface area contributed by atoms with Crippen molar-refractivity contribution in [1.82, 2.24) is 9.55 Å². The third-order valence-electron chi connectivity index (χ3n) is 2.43. The van der Waals surface area contributed by atoms with Gasteiger partial charge in [0.1, 0.15) is 5.82 Å². The second-order valence-electron chi connectivity index (χ2n) is 3.67. The first kappa shape index (κ1) is 12.8. The minimum Gasteiger partial charge on any atom is -0.292 e. The molecule has 0 saturated heterocycles. The Morgan fingerprint density at radius 1 is 1.47 bits per heavy atom. The molecule has 0 amide bonds. The minimum absolute atomic E-state index is 0.0121. The highest BCUT2D eigenvalue weighted by Crippen LogP contribution is 2.12. The average Bonchev–Trinajstić information content (AvgIpc) is 2.30. The van der Waals surface area contributed by atoms with Gasteiger partial charge in [-0.1, -0.05) is 28.1 Å². The van der Waals surface area contributed by atoms with Crippen molar-refractivity contribution < 1.29 is 0 Å². The van der Waals surface area contributed by atoms with E-state index in [4.69, 9.17) is 0 Å². The lowest BCUT2D eigenvalue weighted by atomic mass is 10.2. The Morgan fingerprint density at radius 2 is 2.24 bits per heavy atom. The van der Waals surface area contributed by atoms with E-state index in [0.717, 1.165) is 15.9 Å². The zero-order chi connectivity index (χ0) is 12.4. The number of benzene rings is 1. The first-order valence-corrected chi connectivity index (χ1v) is 6.91. The van der Waals surface area contributed by atoms with Crippen LogP contribution in [0.2, 0.25) is 0 Å². The molecule has 1 aromatic carbocycles. The summed E-state index contributed by atoms with van der Waals surface area (Å²) < 4.78 is 3.34. The fourth-order valence-electron chi connectivity index (χ4n) is 1.55. The van der Waals surface area contributed by atoms with Gasteiger partial charge in [0.2, 0.25) is 0 Å². The molecule has 0 aliphatic carbocycles. The molecule has 0 radical (unpaired) electrons. The van der Waals surface area contributed by atoms with E-state index in [0.29, 0.717) is 10.1 Å². The van der Waals surface area contributed by atoms with Crippen molar-refractivity contribution in [3.8, 4) is 0 Å². The van der Waals surface area contributed by atoms with Gasteiger partial charge in [0.15, 0.2) is 0 Å². The van der Waals surface area contributed by atoms with Gasteiger partial charge in [-0.25, -0.2) is 4.98 Å². The van der Waals surface area contributed by atoms with E-state index in [1.807, 2.05) is 53.8 Å². The van der Waals surface area contributed by atoms with Crippen LogP contribution in [0.4, 0.5) is 0 Å². The minimum atomic E-state index is 0.0121. The third kappa shape index (κ3) is 2.95. The predicted molar refractivity (Wildman–Crippen MR) is 79.2 cm³/mol. The number of aromatic nitrogens is 2. The average molecular weight is 405 g/mol. The van der Waals surface area contributed by atoms with Crippen molar-refractivity contribution in [2.24, 2.45) is 0 Å². The predicted octanol–water partition coefficient (Wildman–Crippen LogP) is 2.97. The first-order chi connectivity index (χ1) is 8.08. The van der Waals surface area contributed by atoms with Gasteiger partial charge in [-0.15, -0.1) is 0 Å². The molecule has 1 heterocycles. The molecule has 0 N–H and O–H groups in total. The maximum absolute atomic E-state index is 12.0. The van der Waals surface area contributed by atoms with Crippen LogP contribution in [0.3, 0.4) is 0 Å². The fourth-order valence-corrected chi connectivity index (χ4v) is 2.43. The number of hydrogen-bond donors (Lipinski definition) is 0. The summed E-state index contributed by atoms with van der Waals surface area (Å²) in [5.74, 6) is 0.732. The molecule has 2 rings (SSSR count). The van der Waals surface area contributed by atoms with E-state index in [-0.39, 0.29) is 5.56 Å². The molecule has 0 aliphatic rings. The van der Waals surface area contributed by atoms with Gasteiger partial charge in [0, 0.05) is 10.7 Å². The largest absolute Gasteiger partial charge is 0.292 e. The molecule has 0 atom stereocenters. The van der Waals surface area contributed by atoms with Crippen LogP contribution in [0.5, 0.6) is 0 Å². The Hall–Kier alpha value is -0.690. The smallest absolute Gasteiger partial charge is 0.267 e. The summed E-state index contributed by atoms with van der Waals surface area (Å²) in [6, 6.07) is 7.93. The van der Waals surface area contributed by atoms with E-state index in [2.05, 4.69) is 20.9 Å². The highest BCUT2D eigenvalue weighted by molar-refractivity contribution is 14.1. The number of hydrogen-bond acceptors (Lipinski definition) is 2. The molecular formula is C12H10BrIN2O. The van der Waals surface area contributed by atoms with Gasteiger partial charge < -0.3 is 0 Å². The van der Waals surface area contributed by atoms with Crippen LogP contribution >= 0.6 is 38.5 Å². The molecule has 0 fully saturated rings. The van der Waals surface area contributed by atoms with Gasteiger partial charge in [0.25, 0.3) is 5.56 Å². The normalized spacial score (nSPS) is 10.5. The van der Waals surface area contributed by atoms with Crippen molar-refractivity contribution in [1.29, 1.82) is 0 Å². The number of rotatable bonds is 2. The second-order valence-corrected chi connectivity index (χ2v) is 5.75. The van der Waals surface area contributed by atoms with E-state index in [1.54, 1.807) is 10.8 Å². The molecule has 0 bridgehead atoms. The lowest BCUT2D eigenvalue weighted by Crippen LogP contribution is -2.26. The zero-order valence-electron chi connectivity index (χ0n) is 9.15. The molecule has 17 heavy (non-hydrogen) atoms. The Balaban J connectivity index is 2.43. The lowest BCUT2D eigenvalue weighted by Gasteiger charge is -2.09. The maximum atomic E-state index is 12.0. The van der Waals surface area contributed by atoms with Crippen LogP contribution in [-0.4, -0.2) is 9.55 Å². The Kier molecular flexibility index (Phi) is 3.98. The lowest BCUT2D eigenvalue weighted by molar-refractivity contribution is 0.694. The summed E-state index contributed by atoms with van der Waals surface area (Å²) in [7, 11) is 0. The second kappa shape index (κ2) is 5.30. The van der Waals surface area contributed by atoms with E-state index in [9.17, 15) is 4.79 Å². The quantitative estimate of drug-likeness (QED) is 0.721. The molecule has 0 saturated carbocycles. The first-order valence-electron chi connectivity index (χ1n) is 5.04. The van der Waals surface area contributed by atoms with Crippen molar-refractivity contribution in [3.05, 3.63) is 60.2 Å². The molecule has 0 unspecified atom stereocenters. The number of halogens is 2. The zero-order valence-corrected chi connectivity index (χ0v) is 12.9. The summed E-state index contributed by atoms with van der Waals surface area (Å²) in [6.45, 7) is 2.39. The van der Waals surface area contributed by atoms with Crippen molar-refractivity contribution in [2.45, 2.75) is 13.5 Å². The van der Waals surface area contributed by atoms with Crippen LogP contribution in [0.15, 0.2) is 39.7 Å². The Labute approximate surface area is 121 Å². The summed E-state index contributed by atoms with van der Waals surface area (Å²) in [5.41, 5.74) is 1.09. The summed E-state index contributed by atoms with van der Waals surface area (Å²) >= 11 is 5.43. The van der Waals surface area contributed by atoms with Gasteiger partial charge in [0.05, 0.1) is 10.1 Å². The molecular weight excluding hydrogens is 395 g/mol. The molecule has 0 aliphatic heterocycles. The Bertz CT molecular complexity index is 610. The van der Waals surface area contributed by atoms with Gasteiger partial charge >= 0.3 is 0 Å². The summed E-state index contributed by atoms with van der Waals surface area (Å²) in [5, 5.41) is 0. The van der Waals surface area contributed by atoms with Crippen LogP contribution < -0.4 is 5.56 Å². The highest BCUT2D eigenvalue weighted by atomic mass is 127. The SMILES string of the molecule is Cc1ncc(I)c(=O)n1Cc1cccc(Br)c1. The van der Waals surface area contributed by atoms with Crippen LogP contribution in [0.1, 0.15) is 11.4 Å². The topological polar surface area (TPSA) is 34.9 Å². The summed E-state index contributed by atoms with van der Waals surface area (Å²) in [4.78, 5) is 16.2. The molecule has 2 aromatic rings. The standard InChI is InChI=1S/C12H10BrIN2O/c1-8-15-6-11(14)12(17)16(8)7-9-3-2-4-10(13)5-9/h2-6H,7H2,1H3. The fraction of sp³-hybridized carbons (Fsp3) is 0.167. The van der Waals surface area contributed by atoms with E-state index < -0.39 is 0 Å². The number of aryl methyl sites for hydroxylation is 1. The molecule has 5 heteroatoms. The molecule has 3 nitrogen and oxygen atoms in total. The van der Waals surface area contributed by atoms with Gasteiger partial charge in [-0.05, 0) is 47.2 Å². The molecule has 88 valence electrons. The van der Waals surface area contributed by atoms with Gasteiger partial charge in [-0.3, -0.25) is 9.36 Å². The highest BCUT2D eigenvalue weighted by Gasteiger charge is 2.06. The van der Waals surface area contributed by atoms with Gasteiger partial charge in [-0.2, -0.15) is 0 Å². The number of nitrogens with zero attached hydrogens (tertiary/aromatic N) is 2. The van der Waals surface area contributed by atoms with Crippen LogP contribution in [-0.2, 0) is 6.54 Å². The van der Waals surface area contributed by atoms with E-state index >= 15 is 0 Å². The third-order valence-corrected chi connectivity index (χ3v) is 3.67.